The Hall–Kier alpha value is -2.90. The Balaban J connectivity index is 1.94. The van der Waals surface area contributed by atoms with E-state index in [2.05, 4.69) is 22.9 Å². The van der Waals surface area contributed by atoms with Crippen molar-refractivity contribution in [2.75, 3.05) is 25.2 Å². The van der Waals surface area contributed by atoms with Gasteiger partial charge in [0, 0.05) is 28.0 Å². The number of ether oxygens (including phenoxy) is 2. The van der Waals surface area contributed by atoms with Crippen LogP contribution in [0.1, 0.15) is 22.3 Å². The van der Waals surface area contributed by atoms with E-state index >= 15 is 0 Å². The number of sulfonamides is 1. The van der Waals surface area contributed by atoms with Crippen molar-refractivity contribution in [1.82, 2.24) is 0 Å². The van der Waals surface area contributed by atoms with Gasteiger partial charge in [-0.3, -0.25) is 4.72 Å². The molecule has 0 unspecified atom stereocenters. The molecule has 0 saturated heterocycles. The van der Waals surface area contributed by atoms with Crippen LogP contribution in [0.5, 0.6) is 11.5 Å². The van der Waals surface area contributed by atoms with Gasteiger partial charge in [0.15, 0.2) is 0 Å². The number of hydrogen-bond donors (Lipinski definition) is 1. The van der Waals surface area contributed by atoms with Crippen LogP contribution in [0.4, 0.5) is 5.69 Å². The molecular weight excluding hydrogens is 430 g/mol. The standard InChI is InChI=1S/C24H23NO4S2/c1-28-19-13-17-15-30-23-10-5-4-9-20(23)21(24(17)22(14-19)29-2)12-16-7-6-8-18(11-16)25-31(3,26)27/h4-14,25H,15H2,1-3H3/b21-12-. The summed E-state index contributed by atoms with van der Waals surface area (Å²) >= 11 is 1.77. The van der Waals surface area contributed by atoms with Gasteiger partial charge in [0.1, 0.15) is 11.5 Å². The van der Waals surface area contributed by atoms with Crippen molar-refractivity contribution in [2.24, 2.45) is 0 Å². The molecule has 0 bridgehead atoms. The molecular formula is C24H23NO4S2. The molecule has 0 spiro atoms. The molecule has 5 nitrogen and oxygen atoms in total. The zero-order valence-corrected chi connectivity index (χ0v) is 19.1. The highest BCUT2D eigenvalue weighted by atomic mass is 32.2. The maximum absolute atomic E-state index is 11.7. The lowest BCUT2D eigenvalue weighted by Crippen LogP contribution is -2.09. The van der Waals surface area contributed by atoms with E-state index in [9.17, 15) is 8.42 Å². The molecule has 1 N–H and O–H groups in total. The van der Waals surface area contributed by atoms with Crippen molar-refractivity contribution in [2.45, 2.75) is 10.6 Å². The Morgan fingerprint density at radius 1 is 1.00 bits per heavy atom. The number of fused-ring (bicyclic) bond motifs is 2. The van der Waals surface area contributed by atoms with E-state index in [1.807, 2.05) is 42.5 Å². The predicted octanol–water partition coefficient (Wildman–Crippen LogP) is 5.27. The Morgan fingerprint density at radius 3 is 2.55 bits per heavy atom. The lowest BCUT2D eigenvalue weighted by molar-refractivity contribution is 0.393. The number of anilines is 1. The molecule has 1 heterocycles. The molecule has 31 heavy (non-hydrogen) atoms. The number of benzene rings is 3. The fraction of sp³-hybridized carbons (Fsp3) is 0.167. The molecule has 0 saturated carbocycles. The summed E-state index contributed by atoms with van der Waals surface area (Å²) in [7, 11) is -0.0469. The first kappa shape index (κ1) is 21.3. The van der Waals surface area contributed by atoms with Crippen molar-refractivity contribution < 1.29 is 17.9 Å². The topological polar surface area (TPSA) is 64.6 Å². The second kappa shape index (κ2) is 8.69. The zero-order valence-electron chi connectivity index (χ0n) is 17.5. The molecule has 3 aromatic rings. The third-order valence-electron chi connectivity index (χ3n) is 4.94. The molecule has 0 fully saturated rings. The summed E-state index contributed by atoms with van der Waals surface area (Å²) < 4.78 is 37.1. The second-order valence-corrected chi connectivity index (χ2v) is 9.97. The molecule has 7 heteroatoms. The Kier molecular flexibility index (Phi) is 5.98. The zero-order chi connectivity index (χ0) is 22.0. The van der Waals surface area contributed by atoms with Crippen molar-refractivity contribution >= 4 is 39.1 Å². The van der Waals surface area contributed by atoms with Gasteiger partial charge in [-0.2, -0.15) is 0 Å². The van der Waals surface area contributed by atoms with Crippen LogP contribution < -0.4 is 14.2 Å². The molecule has 0 atom stereocenters. The molecule has 1 aliphatic heterocycles. The fourth-order valence-electron chi connectivity index (χ4n) is 3.67. The van der Waals surface area contributed by atoms with Gasteiger partial charge in [-0.25, -0.2) is 8.42 Å². The quantitative estimate of drug-likeness (QED) is 0.570. The summed E-state index contributed by atoms with van der Waals surface area (Å²) in [6.45, 7) is 0. The summed E-state index contributed by atoms with van der Waals surface area (Å²) in [5.74, 6) is 2.27. The first-order chi connectivity index (χ1) is 14.9. The van der Waals surface area contributed by atoms with Crippen LogP contribution in [0.2, 0.25) is 0 Å². The van der Waals surface area contributed by atoms with Gasteiger partial charge in [0.2, 0.25) is 10.0 Å². The van der Waals surface area contributed by atoms with Crippen LogP contribution in [0.25, 0.3) is 11.6 Å². The first-order valence-electron chi connectivity index (χ1n) is 9.65. The molecule has 0 aromatic heterocycles. The lowest BCUT2D eigenvalue weighted by Gasteiger charge is -2.17. The number of nitrogens with one attached hydrogen (secondary N) is 1. The fourth-order valence-corrected chi connectivity index (χ4v) is 5.27. The Bertz CT molecular complexity index is 1270. The summed E-state index contributed by atoms with van der Waals surface area (Å²) in [4.78, 5) is 1.18. The average molecular weight is 454 g/mol. The maximum atomic E-state index is 11.7. The van der Waals surface area contributed by atoms with Gasteiger partial charge in [0.05, 0.1) is 20.5 Å². The number of hydrogen-bond acceptors (Lipinski definition) is 5. The van der Waals surface area contributed by atoms with Crippen molar-refractivity contribution in [3.63, 3.8) is 0 Å². The molecule has 160 valence electrons. The van der Waals surface area contributed by atoms with E-state index in [-0.39, 0.29) is 0 Å². The number of rotatable bonds is 5. The molecule has 3 aromatic carbocycles. The molecule has 0 aliphatic carbocycles. The van der Waals surface area contributed by atoms with Crippen LogP contribution in [0, 0.1) is 0 Å². The molecule has 0 radical (unpaired) electrons. The third-order valence-corrected chi connectivity index (χ3v) is 6.67. The number of methoxy groups -OCH3 is 2. The van der Waals surface area contributed by atoms with E-state index in [1.165, 1.54) is 4.90 Å². The summed E-state index contributed by atoms with van der Waals surface area (Å²) in [5, 5.41) is 0. The average Bonchev–Trinajstić information content (AvgIpc) is 2.89. The monoisotopic (exact) mass is 453 g/mol. The van der Waals surface area contributed by atoms with Crippen LogP contribution in [0.3, 0.4) is 0 Å². The van der Waals surface area contributed by atoms with Gasteiger partial charge in [0.25, 0.3) is 0 Å². The summed E-state index contributed by atoms with van der Waals surface area (Å²) in [6, 6.07) is 19.6. The third kappa shape index (κ3) is 4.73. The Morgan fingerprint density at radius 2 is 1.81 bits per heavy atom. The maximum Gasteiger partial charge on any atom is 0.229 e. The SMILES string of the molecule is COc1cc2c(c(OC)c1)/C(=C\c1cccc(NS(C)(=O)=O)c1)c1ccccc1SC2. The van der Waals surface area contributed by atoms with Crippen molar-refractivity contribution in [3.8, 4) is 11.5 Å². The predicted molar refractivity (Wildman–Crippen MR) is 127 cm³/mol. The Labute approximate surface area is 187 Å². The van der Waals surface area contributed by atoms with Crippen molar-refractivity contribution in [1.29, 1.82) is 0 Å². The van der Waals surface area contributed by atoms with E-state index in [0.29, 0.717) is 5.69 Å². The second-order valence-electron chi connectivity index (χ2n) is 7.21. The van der Waals surface area contributed by atoms with E-state index < -0.39 is 10.0 Å². The molecule has 0 amide bonds. The minimum absolute atomic E-state index is 0.523. The van der Waals surface area contributed by atoms with E-state index in [4.69, 9.17) is 9.47 Å². The minimum Gasteiger partial charge on any atom is -0.497 e. The highest BCUT2D eigenvalue weighted by Gasteiger charge is 2.23. The summed E-state index contributed by atoms with van der Waals surface area (Å²) in [5.41, 5.74) is 5.67. The highest BCUT2D eigenvalue weighted by Crippen LogP contribution is 2.46. The molecule has 4 rings (SSSR count). The number of thioether (sulfide) groups is 1. The minimum atomic E-state index is -3.36. The normalized spacial score (nSPS) is 14.4. The van der Waals surface area contributed by atoms with E-state index in [0.717, 1.165) is 51.3 Å². The lowest BCUT2D eigenvalue weighted by atomic mass is 9.91. The van der Waals surface area contributed by atoms with Gasteiger partial charge in [-0.05, 0) is 52.6 Å². The molecule has 1 aliphatic rings. The van der Waals surface area contributed by atoms with Crippen LogP contribution in [-0.2, 0) is 15.8 Å². The smallest absolute Gasteiger partial charge is 0.229 e. The van der Waals surface area contributed by atoms with Crippen molar-refractivity contribution in [3.05, 3.63) is 82.9 Å². The van der Waals surface area contributed by atoms with Crippen LogP contribution in [0.15, 0.2) is 65.6 Å². The first-order valence-corrected chi connectivity index (χ1v) is 12.5. The van der Waals surface area contributed by atoms with Gasteiger partial charge >= 0.3 is 0 Å². The van der Waals surface area contributed by atoms with Gasteiger partial charge in [-0.1, -0.05) is 30.3 Å². The van der Waals surface area contributed by atoms with Gasteiger partial charge < -0.3 is 9.47 Å². The summed E-state index contributed by atoms with van der Waals surface area (Å²) in [6.07, 6.45) is 3.22. The van der Waals surface area contributed by atoms with E-state index in [1.54, 1.807) is 32.0 Å². The largest absolute Gasteiger partial charge is 0.497 e. The highest BCUT2D eigenvalue weighted by molar-refractivity contribution is 7.98. The van der Waals surface area contributed by atoms with Gasteiger partial charge in [-0.15, -0.1) is 11.8 Å². The van der Waals surface area contributed by atoms with Crippen LogP contribution in [-0.4, -0.2) is 28.9 Å². The van der Waals surface area contributed by atoms with Crippen LogP contribution >= 0.6 is 11.8 Å².